The molecule has 0 bridgehead atoms. The average molecular weight is 470 g/mol. The molecule has 2 N–H and O–H groups in total. The smallest absolute Gasteiger partial charge is 0.337 e. The van der Waals surface area contributed by atoms with E-state index in [-0.39, 0.29) is 48.8 Å². The largest absolute Gasteiger partial charge is 0.507 e. The third-order valence-corrected chi connectivity index (χ3v) is 5.23. The van der Waals surface area contributed by atoms with Crippen molar-refractivity contribution in [2.75, 3.05) is 33.5 Å². The predicted octanol–water partition coefficient (Wildman–Crippen LogP) is 1.81. The Morgan fingerprint density at radius 2 is 1.82 bits per heavy atom. The summed E-state index contributed by atoms with van der Waals surface area (Å²) >= 11 is 0. The lowest BCUT2D eigenvalue weighted by Gasteiger charge is -2.25. The lowest BCUT2D eigenvalue weighted by Crippen LogP contribution is -2.33. The Kier molecular flexibility index (Phi) is 7.71. The van der Waals surface area contributed by atoms with Gasteiger partial charge in [-0.05, 0) is 17.7 Å². The summed E-state index contributed by atoms with van der Waals surface area (Å²) in [6.45, 7) is -0.193. The highest BCUT2D eigenvalue weighted by Gasteiger charge is 2.46. The summed E-state index contributed by atoms with van der Waals surface area (Å²) in [5, 5.41) is 31.0. The van der Waals surface area contributed by atoms with Gasteiger partial charge >= 0.3 is 5.97 Å². The summed E-state index contributed by atoms with van der Waals surface area (Å²) in [4.78, 5) is 49.3. The fraction of sp³-hybridized carbons (Fsp3) is 0.261. The topological polar surface area (TPSA) is 157 Å². The molecule has 1 saturated heterocycles. The Hall–Kier alpha value is -4.09. The molecule has 1 aliphatic rings. The number of nitro groups is 1. The maximum Gasteiger partial charge on any atom is 0.337 e. The number of ketones is 1. The molecule has 11 nitrogen and oxygen atoms in total. The summed E-state index contributed by atoms with van der Waals surface area (Å²) in [7, 11) is 1.23. The molecule has 2 aromatic carbocycles. The summed E-state index contributed by atoms with van der Waals surface area (Å²) in [6.07, 6.45) is 0. The fourth-order valence-electron chi connectivity index (χ4n) is 3.63. The molecule has 0 radical (unpaired) electrons. The lowest BCUT2D eigenvalue weighted by atomic mass is 9.94. The van der Waals surface area contributed by atoms with Crippen LogP contribution in [-0.2, 0) is 19.1 Å². The Labute approximate surface area is 194 Å². The van der Waals surface area contributed by atoms with Crippen LogP contribution in [0.3, 0.4) is 0 Å². The van der Waals surface area contributed by atoms with Gasteiger partial charge in [0.2, 0.25) is 0 Å². The van der Waals surface area contributed by atoms with Crippen molar-refractivity contribution in [3.05, 3.63) is 80.9 Å². The van der Waals surface area contributed by atoms with E-state index in [4.69, 9.17) is 9.84 Å². The first kappa shape index (κ1) is 24.6. The van der Waals surface area contributed by atoms with Crippen LogP contribution in [0.25, 0.3) is 5.76 Å². The number of benzene rings is 2. The Balaban J connectivity index is 2.10. The molecule has 0 aromatic heterocycles. The minimum absolute atomic E-state index is 0.0000820. The van der Waals surface area contributed by atoms with Crippen molar-refractivity contribution in [2.24, 2.45) is 0 Å². The standard InChI is InChI=1S/C23H22N2O9/c1-33-23(30)15-7-5-14(6-8-15)19-18(20(27)16-3-2-4-17(13-16)25(31)32)21(28)22(29)24(19)9-11-34-12-10-26/h2-8,13,19,26-27H,9-12H2,1H3/b20-18+/t19-/m1/s1. The molecule has 1 heterocycles. The van der Waals surface area contributed by atoms with E-state index in [0.717, 1.165) is 6.07 Å². The molecule has 2 aromatic rings. The van der Waals surface area contributed by atoms with Gasteiger partial charge in [0.05, 0.1) is 49.0 Å². The number of Topliss-reactive ketones (excluding diaryl/α,β-unsaturated/α-hetero) is 1. The van der Waals surface area contributed by atoms with Crippen LogP contribution in [0.5, 0.6) is 0 Å². The maximum absolute atomic E-state index is 12.9. The van der Waals surface area contributed by atoms with Crippen molar-refractivity contribution in [2.45, 2.75) is 6.04 Å². The van der Waals surface area contributed by atoms with Crippen LogP contribution in [0.4, 0.5) is 5.69 Å². The van der Waals surface area contributed by atoms with Crippen molar-refractivity contribution < 1.29 is 39.0 Å². The number of amides is 1. The van der Waals surface area contributed by atoms with Gasteiger partial charge in [0, 0.05) is 24.2 Å². The van der Waals surface area contributed by atoms with Crippen molar-refractivity contribution in [3.8, 4) is 0 Å². The highest BCUT2D eigenvalue weighted by Crippen LogP contribution is 2.39. The zero-order valence-corrected chi connectivity index (χ0v) is 18.2. The van der Waals surface area contributed by atoms with Gasteiger partial charge < -0.3 is 24.6 Å². The van der Waals surface area contributed by atoms with E-state index in [1.807, 2.05) is 0 Å². The second-order valence-corrected chi connectivity index (χ2v) is 7.25. The van der Waals surface area contributed by atoms with E-state index < -0.39 is 34.4 Å². The zero-order chi connectivity index (χ0) is 24.8. The van der Waals surface area contributed by atoms with Crippen LogP contribution >= 0.6 is 0 Å². The van der Waals surface area contributed by atoms with Crippen molar-refractivity contribution in [3.63, 3.8) is 0 Å². The zero-order valence-electron chi connectivity index (χ0n) is 18.2. The molecule has 0 unspecified atom stereocenters. The molecule has 1 aliphatic heterocycles. The highest BCUT2D eigenvalue weighted by atomic mass is 16.6. The number of hydrogen-bond acceptors (Lipinski definition) is 9. The molecular weight excluding hydrogens is 448 g/mol. The number of hydrogen-bond donors (Lipinski definition) is 2. The third kappa shape index (κ3) is 4.95. The second kappa shape index (κ2) is 10.7. The van der Waals surface area contributed by atoms with Gasteiger partial charge in [-0.2, -0.15) is 0 Å². The van der Waals surface area contributed by atoms with Crippen LogP contribution in [0, 0.1) is 10.1 Å². The first-order valence-corrected chi connectivity index (χ1v) is 10.2. The van der Waals surface area contributed by atoms with E-state index >= 15 is 0 Å². The lowest BCUT2D eigenvalue weighted by molar-refractivity contribution is -0.384. The number of likely N-dealkylation sites (tertiary alicyclic amines) is 1. The van der Waals surface area contributed by atoms with Gasteiger partial charge in [-0.25, -0.2) is 4.79 Å². The maximum atomic E-state index is 12.9. The minimum atomic E-state index is -1.04. The summed E-state index contributed by atoms with van der Waals surface area (Å²) in [5.74, 6) is -2.99. The summed E-state index contributed by atoms with van der Waals surface area (Å²) in [6, 6.07) is 9.98. The molecule has 3 rings (SSSR count). The van der Waals surface area contributed by atoms with E-state index in [1.165, 1.54) is 54.5 Å². The van der Waals surface area contributed by atoms with Crippen LogP contribution in [0.15, 0.2) is 54.1 Å². The molecule has 178 valence electrons. The number of aliphatic hydroxyl groups excluding tert-OH is 2. The third-order valence-electron chi connectivity index (χ3n) is 5.23. The number of ether oxygens (including phenoxy) is 2. The monoisotopic (exact) mass is 470 g/mol. The molecule has 1 amide bonds. The molecule has 0 saturated carbocycles. The number of methoxy groups -OCH3 is 1. The van der Waals surface area contributed by atoms with Crippen LogP contribution in [0.2, 0.25) is 0 Å². The van der Waals surface area contributed by atoms with E-state index in [0.29, 0.717) is 5.56 Å². The number of nitrogens with zero attached hydrogens (tertiary/aromatic N) is 2. The number of non-ortho nitro benzene ring substituents is 1. The molecule has 0 spiro atoms. The normalized spacial score (nSPS) is 17.1. The summed E-state index contributed by atoms with van der Waals surface area (Å²) < 4.78 is 9.91. The summed E-state index contributed by atoms with van der Waals surface area (Å²) in [5.41, 5.74) is 0.113. The molecule has 1 fully saturated rings. The number of nitro benzene ring substituents is 1. The Morgan fingerprint density at radius 3 is 2.44 bits per heavy atom. The molecule has 0 aliphatic carbocycles. The second-order valence-electron chi connectivity index (χ2n) is 7.25. The van der Waals surface area contributed by atoms with Crippen molar-refractivity contribution >= 4 is 29.1 Å². The Morgan fingerprint density at radius 1 is 1.12 bits per heavy atom. The van der Waals surface area contributed by atoms with Gasteiger partial charge in [0.15, 0.2) is 0 Å². The highest BCUT2D eigenvalue weighted by molar-refractivity contribution is 6.46. The minimum Gasteiger partial charge on any atom is -0.507 e. The number of rotatable bonds is 9. The van der Waals surface area contributed by atoms with Crippen LogP contribution in [-0.4, -0.2) is 71.2 Å². The molecule has 1 atom stereocenters. The first-order valence-electron chi connectivity index (χ1n) is 10.2. The quantitative estimate of drug-likeness (QED) is 0.106. The van der Waals surface area contributed by atoms with Crippen LogP contribution < -0.4 is 0 Å². The SMILES string of the molecule is COC(=O)c1ccc([C@@H]2/C(=C(\O)c3cccc([N+](=O)[O-])c3)C(=O)C(=O)N2CCOCCO)cc1. The number of carbonyl (C=O) groups is 3. The molecular formula is C23H22N2O9. The van der Waals surface area contributed by atoms with Gasteiger partial charge in [0.25, 0.3) is 17.4 Å². The number of carbonyl (C=O) groups excluding carboxylic acids is 3. The van der Waals surface area contributed by atoms with Gasteiger partial charge in [-0.3, -0.25) is 19.7 Å². The van der Waals surface area contributed by atoms with Crippen LogP contribution in [0.1, 0.15) is 27.5 Å². The van der Waals surface area contributed by atoms with Gasteiger partial charge in [-0.1, -0.05) is 24.3 Å². The Bertz CT molecular complexity index is 1140. The first-order chi connectivity index (χ1) is 16.3. The average Bonchev–Trinajstić information content (AvgIpc) is 3.10. The number of esters is 1. The van der Waals surface area contributed by atoms with Crippen molar-refractivity contribution in [1.82, 2.24) is 4.90 Å². The predicted molar refractivity (Wildman–Crippen MR) is 118 cm³/mol. The van der Waals surface area contributed by atoms with Crippen molar-refractivity contribution in [1.29, 1.82) is 0 Å². The molecule has 11 heteroatoms. The van der Waals surface area contributed by atoms with E-state index in [2.05, 4.69) is 4.74 Å². The van der Waals surface area contributed by atoms with E-state index in [9.17, 15) is 29.6 Å². The fourth-order valence-corrected chi connectivity index (χ4v) is 3.63. The van der Waals surface area contributed by atoms with Gasteiger partial charge in [0.1, 0.15) is 5.76 Å². The molecule has 34 heavy (non-hydrogen) atoms. The van der Waals surface area contributed by atoms with E-state index in [1.54, 1.807) is 0 Å². The number of aliphatic hydroxyl groups is 2. The van der Waals surface area contributed by atoms with Gasteiger partial charge in [-0.15, -0.1) is 0 Å².